The SMILES string of the molecule is C[C@H](NC(=O)Cc1cccn1-c1ccc(Cl)cc1)c1ccccn1. The molecule has 0 unspecified atom stereocenters. The number of rotatable bonds is 5. The summed E-state index contributed by atoms with van der Waals surface area (Å²) in [5.74, 6) is -0.0398. The molecule has 0 saturated heterocycles. The molecule has 0 fully saturated rings. The molecule has 1 amide bonds. The summed E-state index contributed by atoms with van der Waals surface area (Å²) in [6, 6.07) is 17.0. The Bertz CT molecular complexity index is 812. The van der Waals surface area contributed by atoms with E-state index in [-0.39, 0.29) is 11.9 Å². The molecule has 1 atom stereocenters. The third-order valence-corrected chi connectivity index (χ3v) is 4.04. The van der Waals surface area contributed by atoms with E-state index in [1.54, 1.807) is 6.20 Å². The highest BCUT2D eigenvalue weighted by atomic mass is 35.5. The van der Waals surface area contributed by atoms with Gasteiger partial charge < -0.3 is 9.88 Å². The summed E-state index contributed by atoms with van der Waals surface area (Å²) in [5, 5.41) is 3.68. The van der Waals surface area contributed by atoms with Crippen LogP contribution in [-0.4, -0.2) is 15.5 Å². The van der Waals surface area contributed by atoms with Crippen LogP contribution in [0.1, 0.15) is 24.4 Å². The van der Waals surface area contributed by atoms with Gasteiger partial charge in [-0.05, 0) is 55.5 Å². The van der Waals surface area contributed by atoms with Crippen molar-refractivity contribution in [3.63, 3.8) is 0 Å². The first-order chi connectivity index (χ1) is 11.6. The molecule has 24 heavy (non-hydrogen) atoms. The van der Waals surface area contributed by atoms with Crippen LogP contribution in [0.15, 0.2) is 67.0 Å². The Hall–Kier alpha value is -2.59. The van der Waals surface area contributed by atoms with Crippen LogP contribution in [0, 0.1) is 0 Å². The predicted octanol–water partition coefficient (Wildman–Crippen LogP) is 3.95. The first-order valence-electron chi connectivity index (χ1n) is 7.76. The van der Waals surface area contributed by atoms with E-state index in [4.69, 9.17) is 11.6 Å². The summed E-state index contributed by atoms with van der Waals surface area (Å²) in [6.07, 6.45) is 3.96. The van der Waals surface area contributed by atoms with Gasteiger partial charge in [-0.1, -0.05) is 17.7 Å². The zero-order valence-electron chi connectivity index (χ0n) is 13.3. The monoisotopic (exact) mass is 339 g/mol. The van der Waals surface area contributed by atoms with Crippen molar-refractivity contribution in [3.05, 3.63) is 83.4 Å². The summed E-state index contributed by atoms with van der Waals surface area (Å²) in [7, 11) is 0. The number of hydrogen-bond acceptors (Lipinski definition) is 2. The number of amides is 1. The summed E-state index contributed by atoms with van der Waals surface area (Å²) in [6.45, 7) is 1.93. The molecule has 122 valence electrons. The van der Waals surface area contributed by atoms with E-state index >= 15 is 0 Å². The Labute approximate surface area is 146 Å². The van der Waals surface area contributed by atoms with Gasteiger partial charge in [0.25, 0.3) is 0 Å². The Morgan fingerprint density at radius 2 is 1.96 bits per heavy atom. The highest BCUT2D eigenvalue weighted by Crippen LogP contribution is 2.17. The minimum Gasteiger partial charge on any atom is -0.348 e. The zero-order chi connectivity index (χ0) is 16.9. The second-order valence-corrected chi connectivity index (χ2v) is 6.00. The molecular weight excluding hydrogens is 322 g/mol. The molecule has 5 heteroatoms. The maximum absolute atomic E-state index is 12.4. The molecule has 3 rings (SSSR count). The average molecular weight is 340 g/mol. The first-order valence-corrected chi connectivity index (χ1v) is 8.14. The van der Waals surface area contributed by atoms with Gasteiger partial charge in [0, 0.05) is 28.8 Å². The molecule has 0 aliphatic carbocycles. The van der Waals surface area contributed by atoms with Crippen LogP contribution in [-0.2, 0) is 11.2 Å². The molecule has 2 heterocycles. The van der Waals surface area contributed by atoms with E-state index in [2.05, 4.69) is 10.3 Å². The van der Waals surface area contributed by atoms with E-state index in [0.29, 0.717) is 11.4 Å². The third-order valence-electron chi connectivity index (χ3n) is 3.79. The van der Waals surface area contributed by atoms with Crippen molar-refractivity contribution >= 4 is 17.5 Å². The summed E-state index contributed by atoms with van der Waals surface area (Å²) in [5.41, 5.74) is 2.74. The lowest BCUT2D eigenvalue weighted by Crippen LogP contribution is -2.29. The van der Waals surface area contributed by atoms with E-state index in [1.165, 1.54) is 0 Å². The molecule has 0 saturated carbocycles. The Morgan fingerprint density at radius 3 is 2.67 bits per heavy atom. The fourth-order valence-electron chi connectivity index (χ4n) is 2.58. The van der Waals surface area contributed by atoms with Crippen molar-refractivity contribution < 1.29 is 4.79 Å². The maximum atomic E-state index is 12.4. The van der Waals surface area contributed by atoms with E-state index in [0.717, 1.165) is 17.1 Å². The number of pyridine rings is 1. The lowest BCUT2D eigenvalue weighted by molar-refractivity contribution is -0.121. The van der Waals surface area contributed by atoms with Crippen molar-refractivity contribution in [1.29, 1.82) is 0 Å². The molecule has 3 aromatic rings. The molecular formula is C19H18ClN3O. The summed E-state index contributed by atoms with van der Waals surface area (Å²) < 4.78 is 1.99. The second kappa shape index (κ2) is 7.32. The van der Waals surface area contributed by atoms with Gasteiger partial charge in [-0.3, -0.25) is 9.78 Å². The number of carbonyl (C=O) groups is 1. The molecule has 2 aromatic heterocycles. The molecule has 4 nitrogen and oxygen atoms in total. The molecule has 0 aliphatic heterocycles. The standard InChI is InChI=1S/C19H18ClN3O/c1-14(18-6-2-3-11-21-18)22-19(24)13-17-5-4-12-23(17)16-9-7-15(20)8-10-16/h2-12,14H,13H2,1H3,(H,22,24)/t14-/m0/s1. The summed E-state index contributed by atoms with van der Waals surface area (Å²) in [4.78, 5) is 16.6. The van der Waals surface area contributed by atoms with Crippen molar-refractivity contribution in [2.24, 2.45) is 0 Å². The molecule has 1 N–H and O–H groups in total. The quantitative estimate of drug-likeness (QED) is 0.765. The topological polar surface area (TPSA) is 46.9 Å². The number of halogens is 1. The number of nitrogens with one attached hydrogen (secondary N) is 1. The van der Waals surface area contributed by atoms with Gasteiger partial charge in [0.1, 0.15) is 0 Å². The van der Waals surface area contributed by atoms with Gasteiger partial charge in [0.15, 0.2) is 0 Å². The van der Waals surface area contributed by atoms with E-state index in [9.17, 15) is 4.79 Å². The third kappa shape index (κ3) is 3.84. The van der Waals surface area contributed by atoms with Gasteiger partial charge in [-0.15, -0.1) is 0 Å². The minimum atomic E-state index is -0.127. The van der Waals surface area contributed by atoms with Crippen LogP contribution < -0.4 is 5.32 Å². The van der Waals surface area contributed by atoms with Crippen molar-refractivity contribution in [3.8, 4) is 5.69 Å². The lowest BCUT2D eigenvalue weighted by atomic mass is 10.2. The van der Waals surface area contributed by atoms with Crippen molar-refractivity contribution in [1.82, 2.24) is 14.9 Å². The van der Waals surface area contributed by atoms with Gasteiger partial charge in [-0.25, -0.2) is 0 Å². The lowest BCUT2D eigenvalue weighted by Gasteiger charge is -2.14. The molecule has 1 aromatic carbocycles. The number of aromatic nitrogens is 2. The van der Waals surface area contributed by atoms with E-state index in [1.807, 2.05) is 72.3 Å². The predicted molar refractivity (Wildman–Crippen MR) is 95.3 cm³/mol. The minimum absolute atomic E-state index is 0.0398. The highest BCUT2D eigenvalue weighted by Gasteiger charge is 2.13. The second-order valence-electron chi connectivity index (χ2n) is 5.57. The largest absolute Gasteiger partial charge is 0.348 e. The Morgan fingerprint density at radius 1 is 1.17 bits per heavy atom. The zero-order valence-corrected chi connectivity index (χ0v) is 14.1. The van der Waals surface area contributed by atoms with Crippen molar-refractivity contribution in [2.45, 2.75) is 19.4 Å². The van der Waals surface area contributed by atoms with Gasteiger partial charge >= 0.3 is 0 Å². The van der Waals surface area contributed by atoms with Crippen molar-refractivity contribution in [2.75, 3.05) is 0 Å². The Kier molecular flexibility index (Phi) is 4.96. The van der Waals surface area contributed by atoms with Crippen LogP contribution in [0.5, 0.6) is 0 Å². The molecule has 0 spiro atoms. The molecule has 0 aliphatic rings. The highest BCUT2D eigenvalue weighted by molar-refractivity contribution is 6.30. The van der Waals surface area contributed by atoms with Gasteiger partial charge in [0.05, 0.1) is 18.2 Å². The maximum Gasteiger partial charge on any atom is 0.226 e. The molecule has 0 bridgehead atoms. The van der Waals surface area contributed by atoms with Crippen LogP contribution in [0.4, 0.5) is 0 Å². The van der Waals surface area contributed by atoms with Crippen LogP contribution in [0.2, 0.25) is 5.02 Å². The van der Waals surface area contributed by atoms with Crippen LogP contribution >= 0.6 is 11.6 Å². The number of carbonyl (C=O) groups excluding carboxylic acids is 1. The summed E-state index contributed by atoms with van der Waals surface area (Å²) >= 11 is 5.93. The average Bonchev–Trinajstić information content (AvgIpc) is 3.04. The van der Waals surface area contributed by atoms with Crippen LogP contribution in [0.3, 0.4) is 0 Å². The molecule has 0 radical (unpaired) electrons. The van der Waals surface area contributed by atoms with Gasteiger partial charge in [-0.2, -0.15) is 0 Å². The fraction of sp³-hybridized carbons (Fsp3) is 0.158. The Balaban J connectivity index is 1.69. The van der Waals surface area contributed by atoms with Gasteiger partial charge in [0.2, 0.25) is 5.91 Å². The number of nitrogens with zero attached hydrogens (tertiary/aromatic N) is 2. The van der Waals surface area contributed by atoms with Crippen LogP contribution in [0.25, 0.3) is 5.69 Å². The normalized spacial score (nSPS) is 11.9. The fourth-order valence-corrected chi connectivity index (χ4v) is 2.70. The number of benzene rings is 1. The number of hydrogen-bond donors (Lipinski definition) is 1. The van der Waals surface area contributed by atoms with E-state index < -0.39 is 0 Å². The first kappa shape index (κ1) is 16.3. The smallest absolute Gasteiger partial charge is 0.226 e.